The summed E-state index contributed by atoms with van der Waals surface area (Å²) in [6.07, 6.45) is 3.82. The first kappa shape index (κ1) is 21.1. The van der Waals surface area contributed by atoms with Crippen molar-refractivity contribution >= 4 is 52.5 Å². The molecule has 2 saturated heterocycles. The van der Waals surface area contributed by atoms with Gasteiger partial charge in [0.15, 0.2) is 0 Å². The number of carboxylic acid groups (broad SMARTS) is 1. The lowest BCUT2D eigenvalue weighted by atomic mass is 9.97. The molecule has 1 aromatic rings. The van der Waals surface area contributed by atoms with E-state index in [0.29, 0.717) is 31.0 Å². The van der Waals surface area contributed by atoms with Crippen molar-refractivity contribution in [1.82, 2.24) is 9.80 Å². The number of halogens is 1. The van der Waals surface area contributed by atoms with Gasteiger partial charge in [-0.05, 0) is 42.3 Å². The van der Waals surface area contributed by atoms with Crippen LogP contribution in [0.4, 0.5) is 4.79 Å². The highest BCUT2D eigenvalue weighted by molar-refractivity contribution is 8.18. The highest BCUT2D eigenvalue weighted by Crippen LogP contribution is 2.32. The van der Waals surface area contributed by atoms with Gasteiger partial charge in [-0.15, -0.1) is 0 Å². The van der Waals surface area contributed by atoms with Gasteiger partial charge in [0.25, 0.3) is 11.1 Å². The van der Waals surface area contributed by atoms with Crippen LogP contribution in [0.5, 0.6) is 0 Å². The standard InChI is InChI=1S/C20H19ClN2O5S/c21-15(10-13-4-2-1-3-5-13)11-16-18(25)23(20(28)29-16)12-17(24)22-8-6-14(7-9-22)19(26)27/h1-5,10-11,14H,6-9,12H2,(H,26,27)/b15-10-,16-11-. The molecular formula is C20H19ClN2O5S. The van der Waals surface area contributed by atoms with Crippen molar-refractivity contribution in [2.24, 2.45) is 5.92 Å². The average Bonchev–Trinajstić information content (AvgIpc) is 2.96. The van der Waals surface area contributed by atoms with Crippen LogP contribution in [0.25, 0.3) is 6.08 Å². The monoisotopic (exact) mass is 434 g/mol. The molecule has 0 atom stereocenters. The SMILES string of the molecule is O=C(O)C1CCN(C(=O)CN2C(=O)S/C(=C\C(Cl)=C\c3ccccc3)C2=O)CC1. The summed E-state index contributed by atoms with van der Waals surface area (Å²) >= 11 is 6.93. The summed E-state index contributed by atoms with van der Waals surface area (Å²) in [4.78, 5) is 50.8. The molecular weight excluding hydrogens is 416 g/mol. The molecule has 0 radical (unpaired) electrons. The minimum atomic E-state index is -0.867. The summed E-state index contributed by atoms with van der Waals surface area (Å²) in [6, 6.07) is 9.30. The molecule has 2 heterocycles. The smallest absolute Gasteiger partial charge is 0.306 e. The third-order valence-electron chi connectivity index (χ3n) is 4.74. The number of hydrogen-bond acceptors (Lipinski definition) is 5. The molecule has 7 nitrogen and oxygen atoms in total. The number of hydrogen-bond donors (Lipinski definition) is 1. The Balaban J connectivity index is 1.62. The fraction of sp³-hybridized carbons (Fsp3) is 0.300. The van der Waals surface area contributed by atoms with Crippen molar-refractivity contribution < 1.29 is 24.3 Å². The van der Waals surface area contributed by atoms with Gasteiger partial charge in [0, 0.05) is 18.1 Å². The molecule has 0 unspecified atom stereocenters. The molecule has 3 amide bonds. The second kappa shape index (κ2) is 9.28. The zero-order valence-corrected chi connectivity index (χ0v) is 17.0. The van der Waals surface area contributed by atoms with Crippen LogP contribution < -0.4 is 0 Å². The minimum absolute atomic E-state index is 0.157. The molecule has 9 heteroatoms. The van der Waals surface area contributed by atoms with Crippen LogP contribution in [-0.4, -0.2) is 57.6 Å². The van der Waals surface area contributed by atoms with Crippen molar-refractivity contribution in [2.75, 3.05) is 19.6 Å². The minimum Gasteiger partial charge on any atom is -0.481 e. The lowest BCUT2D eigenvalue weighted by molar-refractivity contribution is -0.146. The number of likely N-dealkylation sites (tertiary alicyclic amines) is 1. The predicted molar refractivity (Wildman–Crippen MR) is 110 cm³/mol. The van der Waals surface area contributed by atoms with E-state index in [1.54, 1.807) is 6.08 Å². The first-order valence-electron chi connectivity index (χ1n) is 9.03. The normalized spacial score (nSPS) is 19.9. The van der Waals surface area contributed by atoms with Gasteiger partial charge in [-0.1, -0.05) is 41.9 Å². The molecule has 0 aliphatic carbocycles. The number of nitrogens with zero attached hydrogens (tertiary/aromatic N) is 2. The van der Waals surface area contributed by atoms with Gasteiger partial charge in [-0.2, -0.15) is 0 Å². The van der Waals surface area contributed by atoms with Crippen molar-refractivity contribution in [1.29, 1.82) is 0 Å². The Morgan fingerprint density at radius 2 is 1.83 bits per heavy atom. The third-order valence-corrected chi connectivity index (χ3v) is 5.86. The fourth-order valence-electron chi connectivity index (χ4n) is 3.12. The van der Waals surface area contributed by atoms with Gasteiger partial charge in [-0.3, -0.25) is 24.1 Å². The molecule has 0 spiro atoms. The largest absolute Gasteiger partial charge is 0.481 e. The Hall–Kier alpha value is -2.58. The maximum absolute atomic E-state index is 12.5. The Kier molecular flexibility index (Phi) is 6.76. The van der Waals surface area contributed by atoms with E-state index >= 15 is 0 Å². The summed E-state index contributed by atoms with van der Waals surface area (Å²) in [5, 5.41) is 8.80. The Bertz CT molecular complexity index is 891. The van der Waals surface area contributed by atoms with E-state index in [2.05, 4.69) is 0 Å². The van der Waals surface area contributed by atoms with Gasteiger partial charge in [0.05, 0.1) is 10.8 Å². The molecule has 3 rings (SSSR count). The van der Waals surface area contributed by atoms with E-state index in [-0.39, 0.29) is 17.4 Å². The number of aliphatic carboxylic acids is 1. The third kappa shape index (κ3) is 5.27. The summed E-state index contributed by atoms with van der Waals surface area (Å²) in [5.41, 5.74) is 0.855. The number of amides is 3. The van der Waals surface area contributed by atoms with Crippen molar-refractivity contribution in [2.45, 2.75) is 12.8 Å². The molecule has 0 bridgehead atoms. The number of allylic oxidation sites excluding steroid dienone is 2. The molecule has 2 aliphatic rings. The first-order chi connectivity index (χ1) is 13.8. The van der Waals surface area contributed by atoms with Crippen molar-refractivity contribution in [3.63, 3.8) is 0 Å². The molecule has 2 aliphatic heterocycles. The fourth-order valence-corrected chi connectivity index (χ4v) is 4.25. The highest BCUT2D eigenvalue weighted by atomic mass is 35.5. The lowest BCUT2D eigenvalue weighted by Crippen LogP contribution is -2.46. The van der Waals surface area contributed by atoms with E-state index in [1.807, 2.05) is 30.3 Å². The quantitative estimate of drug-likeness (QED) is 0.715. The van der Waals surface area contributed by atoms with Gasteiger partial charge in [-0.25, -0.2) is 0 Å². The maximum Gasteiger partial charge on any atom is 0.306 e. The van der Waals surface area contributed by atoms with Gasteiger partial charge < -0.3 is 10.0 Å². The lowest BCUT2D eigenvalue weighted by Gasteiger charge is -2.30. The van der Waals surface area contributed by atoms with Gasteiger partial charge in [0.2, 0.25) is 5.91 Å². The summed E-state index contributed by atoms with van der Waals surface area (Å²) in [6.45, 7) is 0.237. The van der Waals surface area contributed by atoms with Crippen LogP contribution >= 0.6 is 23.4 Å². The number of carbonyl (C=O) groups excluding carboxylic acids is 3. The summed E-state index contributed by atoms with van der Waals surface area (Å²) in [7, 11) is 0. The molecule has 0 aromatic heterocycles. The Morgan fingerprint density at radius 3 is 2.45 bits per heavy atom. The molecule has 1 aromatic carbocycles. The zero-order valence-electron chi connectivity index (χ0n) is 15.4. The average molecular weight is 435 g/mol. The number of carboxylic acids is 1. The Morgan fingerprint density at radius 1 is 1.17 bits per heavy atom. The van der Waals surface area contributed by atoms with Crippen LogP contribution in [0, 0.1) is 5.92 Å². The molecule has 1 N–H and O–H groups in total. The maximum atomic E-state index is 12.5. The molecule has 29 heavy (non-hydrogen) atoms. The predicted octanol–water partition coefficient (Wildman–Crippen LogP) is 3.17. The number of benzene rings is 1. The number of carbonyl (C=O) groups is 4. The second-order valence-corrected chi connectivity index (χ2v) is 8.13. The van der Waals surface area contributed by atoms with Gasteiger partial charge >= 0.3 is 5.97 Å². The number of rotatable bonds is 5. The van der Waals surface area contributed by atoms with Crippen LogP contribution in [0.3, 0.4) is 0 Å². The van der Waals surface area contributed by atoms with Crippen LogP contribution in [-0.2, 0) is 14.4 Å². The summed E-state index contributed by atoms with van der Waals surface area (Å²) < 4.78 is 0. The van der Waals surface area contributed by atoms with Crippen LogP contribution in [0.2, 0.25) is 0 Å². The van der Waals surface area contributed by atoms with E-state index in [4.69, 9.17) is 16.7 Å². The number of thioether (sulfide) groups is 1. The second-order valence-electron chi connectivity index (χ2n) is 6.70. The zero-order chi connectivity index (χ0) is 21.0. The topological polar surface area (TPSA) is 95.0 Å². The highest BCUT2D eigenvalue weighted by Gasteiger charge is 2.38. The van der Waals surface area contributed by atoms with E-state index < -0.39 is 23.0 Å². The van der Waals surface area contributed by atoms with Crippen molar-refractivity contribution in [3.8, 4) is 0 Å². The van der Waals surface area contributed by atoms with E-state index in [1.165, 1.54) is 11.0 Å². The van der Waals surface area contributed by atoms with Crippen molar-refractivity contribution in [3.05, 3.63) is 51.9 Å². The number of piperidine rings is 1. The molecule has 152 valence electrons. The Labute approximate surface area is 177 Å². The van der Waals surface area contributed by atoms with E-state index in [0.717, 1.165) is 22.2 Å². The summed E-state index contributed by atoms with van der Waals surface area (Å²) in [5.74, 6) is -2.26. The molecule has 0 saturated carbocycles. The van der Waals surface area contributed by atoms with Crippen LogP contribution in [0.1, 0.15) is 18.4 Å². The van der Waals surface area contributed by atoms with Gasteiger partial charge in [0.1, 0.15) is 6.54 Å². The molecule has 2 fully saturated rings. The first-order valence-corrected chi connectivity index (χ1v) is 10.2. The van der Waals surface area contributed by atoms with E-state index in [9.17, 15) is 19.2 Å². The number of imide groups is 1. The van der Waals surface area contributed by atoms with Crippen LogP contribution in [0.15, 0.2) is 46.3 Å².